The molecule has 0 saturated heterocycles. The Balaban J connectivity index is 2.20. The van der Waals surface area contributed by atoms with E-state index < -0.39 is 0 Å². The van der Waals surface area contributed by atoms with Crippen LogP contribution in [0.4, 0.5) is 11.6 Å². The summed E-state index contributed by atoms with van der Waals surface area (Å²) in [5.41, 5.74) is 8.77. The molecule has 4 nitrogen and oxygen atoms in total. The van der Waals surface area contributed by atoms with Crippen molar-refractivity contribution in [3.63, 3.8) is 0 Å². The highest BCUT2D eigenvalue weighted by atomic mass is 15.2. The highest BCUT2D eigenvalue weighted by molar-refractivity contribution is 5.39. The first-order chi connectivity index (χ1) is 8.70. The fourth-order valence-electron chi connectivity index (χ4n) is 1.81. The molecule has 2 aromatic rings. The van der Waals surface area contributed by atoms with E-state index in [1.807, 2.05) is 0 Å². The van der Waals surface area contributed by atoms with Gasteiger partial charge in [-0.15, -0.1) is 0 Å². The second-order valence-electron chi connectivity index (χ2n) is 4.26. The number of rotatable bonds is 4. The molecule has 0 unspecified atom stereocenters. The Labute approximate surface area is 107 Å². The molecule has 0 amide bonds. The predicted octanol–water partition coefficient (Wildman–Crippen LogP) is 2.39. The Hall–Kier alpha value is -2.10. The summed E-state index contributed by atoms with van der Waals surface area (Å²) in [7, 11) is 0. The number of hydrogen-bond donors (Lipinski definition) is 1. The van der Waals surface area contributed by atoms with Crippen molar-refractivity contribution in [3.05, 3.63) is 47.8 Å². The second-order valence-corrected chi connectivity index (χ2v) is 4.26. The zero-order valence-corrected chi connectivity index (χ0v) is 10.8. The molecule has 94 valence electrons. The number of nitrogen functional groups attached to an aromatic ring is 1. The van der Waals surface area contributed by atoms with E-state index in [2.05, 4.69) is 53.0 Å². The molecule has 1 heterocycles. The van der Waals surface area contributed by atoms with E-state index in [0.29, 0.717) is 5.69 Å². The van der Waals surface area contributed by atoms with Gasteiger partial charge in [0.25, 0.3) is 0 Å². The Morgan fingerprint density at radius 3 is 2.44 bits per heavy atom. The number of aryl methyl sites for hydroxylation is 1. The van der Waals surface area contributed by atoms with Crippen LogP contribution in [0, 0.1) is 6.92 Å². The van der Waals surface area contributed by atoms with Gasteiger partial charge in [0.1, 0.15) is 0 Å². The van der Waals surface area contributed by atoms with Gasteiger partial charge >= 0.3 is 0 Å². The molecule has 0 fully saturated rings. The van der Waals surface area contributed by atoms with Gasteiger partial charge in [-0.25, -0.2) is 9.97 Å². The molecular weight excluding hydrogens is 224 g/mol. The third-order valence-electron chi connectivity index (χ3n) is 2.95. The van der Waals surface area contributed by atoms with Crippen molar-refractivity contribution in [1.29, 1.82) is 0 Å². The molecule has 1 aromatic carbocycles. The van der Waals surface area contributed by atoms with E-state index in [1.54, 1.807) is 12.4 Å². The molecule has 2 rings (SSSR count). The lowest BCUT2D eigenvalue weighted by Gasteiger charge is -2.21. The first-order valence-electron chi connectivity index (χ1n) is 6.07. The van der Waals surface area contributed by atoms with Crippen molar-refractivity contribution in [2.75, 3.05) is 17.2 Å². The third-order valence-corrected chi connectivity index (χ3v) is 2.95. The van der Waals surface area contributed by atoms with Gasteiger partial charge < -0.3 is 10.6 Å². The number of aromatic nitrogens is 2. The van der Waals surface area contributed by atoms with Crippen molar-refractivity contribution in [3.8, 4) is 0 Å². The number of nitrogens with zero attached hydrogens (tertiary/aromatic N) is 3. The Morgan fingerprint density at radius 2 is 1.83 bits per heavy atom. The summed E-state index contributed by atoms with van der Waals surface area (Å²) in [4.78, 5) is 10.7. The minimum atomic E-state index is 0.589. The van der Waals surface area contributed by atoms with Crippen LogP contribution >= 0.6 is 0 Å². The SMILES string of the molecule is CCN(Cc1ccccc1C)c1ncc(N)cn1. The molecule has 4 heteroatoms. The molecule has 0 spiro atoms. The van der Waals surface area contributed by atoms with Gasteiger partial charge in [-0.1, -0.05) is 24.3 Å². The highest BCUT2D eigenvalue weighted by Crippen LogP contribution is 2.15. The monoisotopic (exact) mass is 242 g/mol. The van der Waals surface area contributed by atoms with Crippen LogP contribution in [0.1, 0.15) is 18.1 Å². The summed E-state index contributed by atoms with van der Waals surface area (Å²) in [5, 5.41) is 0. The van der Waals surface area contributed by atoms with Crippen LogP contribution in [-0.4, -0.2) is 16.5 Å². The van der Waals surface area contributed by atoms with Gasteiger partial charge in [-0.2, -0.15) is 0 Å². The topological polar surface area (TPSA) is 55.0 Å². The van der Waals surface area contributed by atoms with Crippen molar-refractivity contribution in [1.82, 2.24) is 9.97 Å². The molecule has 0 aliphatic carbocycles. The number of anilines is 2. The Morgan fingerprint density at radius 1 is 1.17 bits per heavy atom. The summed E-state index contributed by atoms with van der Waals surface area (Å²) in [6, 6.07) is 8.36. The van der Waals surface area contributed by atoms with Crippen LogP contribution in [0.3, 0.4) is 0 Å². The first kappa shape index (κ1) is 12.4. The fraction of sp³-hybridized carbons (Fsp3) is 0.286. The van der Waals surface area contributed by atoms with E-state index in [4.69, 9.17) is 5.73 Å². The van der Waals surface area contributed by atoms with Crippen LogP contribution < -0.4 is 10.6 Å². The maximum absolute atomic E-state index is 5.60. The van der Waals surface area contributed by atoms with Crippen LogP contribution in [0.2, 0.25) is 0 Å². The predicted molar refractivity (Wildman–Crippen MR) is 74.3 cm³/mol. The quantitative estimate of drug-likeness (QED) is 0.894. The largest absolute Gasteiger partial charge is 0.396 e. The molecule has 2 N–H and O–H groups in total. The standard InChI is InChI=1S/C14H18N4/c1-3-18(14-16-8-13(15)9-17-14)10-12-7-5-4-6-11(12)2/h4-9H,3,10,15H2,1-2H3. The van der Waals surface area contributed by atoms with Crippen molar-refractivity contribution >= 4 is 11.6 Å². The maximum Gasteiger partial charge on any atom is 0.225 e. The van der Waals surface area contributed by atoms with Crippen molar-refractivity contribution in [2.45, 2.75) is 20.4 Å². The number of nitrogens with two attached hydrogens (primary N) is 1. The van der Waals surface area contributed by atoms with E-state index in [9.17, 15) is 0 Å². The molecule has 0 atom stereocenters. The highest BCUT2D eigenvalue weighted by Gasteiger charge is 2.09. The summed E-state index contributed by atoms with van der Waals surface area (Å²) in [6.45, 7) is 5.89. The van der Waals surface area contributed by atoms with Gasteiger partial charge in [-0.3, -0.25) is 0 Å². The molecule has 0 aliphatic heterocycles. The molecular formula is C14H18N4. The van der Waals surface area contributed by atoms with Gasteiger partial charge in [0.15, 0.2) is 0 Å². The van der Waals surface area contributed by atoms with E-state index in [1.165, 1.54) is 11.1 Å². The molecule has 0 saturated carbocycles. The zero-order chi connectivity index (χ0) is 13.0. The van der Waals surface area contributed by atoms with E-state index in [0.717, 1.165) is 19.0 Å². The molecule has 0 radical (unpaired) electrons. The average molecular weight is 242 g/mol. The van der Waals surface area contributed by atoms with Gasteiger partial charge in [0, 0.05) is 13.1 Å². The first-order valence-corrected chi connectivity index (χ1v) is 6.07. The van der Waals surface area contributed by atoms with Gasteiger partial charge in [0.05, 0.1) is 18.1 Å². The summed E-state index contributed by atoms with van der Waals surface area (Å²) in [5.74, 6) is 0.718. The van der Waals surface area contributed by atoms with Crippen LogP contribution in [-0.2, 0) is 6.54 Å². The lowest BCUT2D eigenvalue weighted by atomic mass is 10.1. The van der Waals surface area contributed by atoms with Crippen LogP contribution in [0.15, 0.2) is 36.7 Å². The summed E-state index contributed by atoms with van der Waals surface area (Å²) in [6.07, 6.45) is 3.28. The van der Waals surface area contributed by atoms with Crippen LogP contribution in [0.25, 0.3) is 0 Å². The van der Waals surface area contributed by atoms with E-state index in [-0.39, 0.29) is 0 Å². The Kier molecular flexibility index (Phi) is 3.77. The maximum atomic E-state index is 5.60. The zero-order valence-electron chi connectivity index (χ0n) is 10.8. The minimum absolute atomic E-state index is 0.589. The lowest BCUT2D eigenvalue weighted by molar-refractivity contribution is 0.788. The normalized spacial score (nSPS) is 10.3. The smallest absolute Gasteiger partial charge is 0.225 e. The van der Waals surface area contributed by atoms with Crippen molar-refractivity contribution in [2.24, 2.45) is 0 Å². The van der Waals surface area contributed by atoms with Gasteiger partial charge in [-0.05, 0) is 25.0 Å². The summed E-state index contributed by atoms with van der Waals surface area (Å²) >= 11 is 0. The van der Waals surface area contributed by atoms with Gasteiger partial charge in [0.2, 0.25) is 5.95 Å². The number of hydrogen-bond acceptors (Lipinski definition) is 4. The Bertz CT molecular complexity index is 507. The molecule has 0 bridgehead atoms. The second kappa shape index (κ2) is 5.49. The minimum Gasteiger partial charge on any atom is -0.396 e. The van der Waals surface area contributed by atoms with E-state index >= 15 is 0 Å². The molecule has 18 heavy (non-hydrogen) atoms. The summed E-state index contributed by atoms with van der Waals surface area (Å²) < 4.78 is 0. The van der Waals surface area contributed by atoms with Crippen LogP contribution in [0.5, 0.6) is 0 Å². The van der Waals surface area contributed by atoms with Crippen molar-refractivity contribution < 1.29 is 0 Å². The molecule has 1 aromatic heterocycles. The fourth-order valence-corrected chi connectivity index (χ4v) is 1.81. The average Bonchev–Trinajstić information content (AvgIpc) is 2.39. The number of benzene rings is 1. The lowest BCUT2D eigenvalue weighted by Crippen LogP contribution is -2.24. The third kappa shape index (κ3) is 2.77. The molecule has 0 aliphatic rings.